The summed E-state index contributed by atoms with van der Waals surface area (Å²) in [4.78, 5) is 0. The molecule has 2 aromatic rings. The second-order valence-corrected chi connectivity index (χ2v) is 5.11. The van der Waals surface area contributed by atoms with Gasteiger partial charge in [0.25, 0.3) is 0 Å². The van der Waals surface area contributed by atoms with Crippen LogP contribution in [0.25, 0.3) is 0 Å². The van der Waals surface area contributed by atoms with E-state index in [1.165, 1.54) is 13.2 Å². The lowest BCUT2D eigenvalue weighted by Gasteiger charge is -2.10. The minimum atomic E-state index is -0.293. The predicted octanol–water partition coefficient (Wildman–Crippen LogP) is 4.22. The molecule has 0 atom stereocenters. The highest BCUT2D eigenvalue weighted by atomic mass is 79.9. The van der Waals surface area contributed by atoms with Gasteiger partial charge < -0.3 is 14.8 Å². The summed E-state index contributed by atoms with van der Waals surface area (Å²) >= 11 is 3.40. The van der Waals surface area contributed by atoms with E-state index in [0.717, 1.165) is 15.9 Å². The van der Waals surface area contributed by atoms with E-state index in [1.807, 2.05) is 18.2 Å². The largest absolute Gasteiger partial charge is 0.497 e. The molecule has 0 fully saturated rings. The molecule has 106 valence electrons. The molecule has 0 heterocycles. The van der Waals surface area contributed by atoms with Crippen molar-refractivity contribution in [1.29, 1.82) is 0 Å². The minimum Gasteiger partial charge on any atom is -0.497 e. The topological polar surface area (TPSA) is 30.5 Å². The summed E-state index contributed by atoms with van der Waals surface area (Å²) < 4.78 is 24.9. The Balaban J connectivity index is 2.10. The van der Waals surface area contributed by atoms with Crippen molar-refractivity contribution in [2.45, 2.75) is 6.54 Å². The lowest BCUT2D eigenvalue weighted by molar-refractivity contribution is 0.411. The van der Waals surface area contributed by atoms with Crippen LogP contribution in [0, 0.1) is 5.82 Å². The van der Waals surface area contributed by atoms with Crippen LogP contribution in [0.4, 0.5) is 10.1 Å². The molecular weight excluding hydrogens is 325 g/mol. The third-order valence-electron chi connectivity index (χ3n) is 2.85. The smallest absolute Gasteiger partial charge is 0.131 e. The van der Waals surface area contributed by atoms with Gasteiger partial charge in [-0.25, -0.2) is 4.39 Å². The zero-order chi connectivity index (χ0) is 14.5. The Morgan fingerprint density at radius 1 is 1.05 bits per heavy atom. The fourth-order valence-corrected chi connectivity index (χ4v) is 2.25. The van der Waals surface area contributed by atoms with Gasteiger partial charge in [0.15, 0.2) is 0 Å². The zero-order valence-corrected chi connectivity index (χ0v) is 12.8. The lowest BCUT2D eigenvalue weighted by atomic mass is 10.2. The minimum absolute atomic E-state index is 0.293. The van der Waals surface area contributed by atoms with Gasteiger partial charge in [-0.3, -0.25) is 0 Å². The van der Waals surface area contributed by atoms with Crippen molar-refractivity contribution < 1.29 is 13.9 Å². The Morgan fingerprint density at radius 2 is 1.80 bits per heavy atom. The zero-order valence-electron chi connectivity index (χ0n) is 11.2. The molecule has 2 rings (SSSR count). The highest BCUT2D eigenvalue weighted by Crippen LogP contribution is 2.25. The van der Waals surface area contributed by atoms with E-state index in [0.29, 0.717) is 17.9 Å². The van der Waals surface area contributed by atoms with Crippen LogP contribution >= 0.6 is 15.9 Å². The second kappa shape index (κ2) is 6.61. The summed E-state index contributed by atoms with van der Waals surface area (Å²) in [5, 5.41) is 3.16. The van der Waals surface area contributed by atoms with Crippen LogP contribution in [0.2, 0.25) is 0 Å². The molecule has 0 aromatic heterocycles. The molecular formula is C15H15BrFNO2. The molecule has 20 heavy (non-hydrogen) atoms. The molecule has 0 radical (unpaired) electrons. The molecule has 0 unspecified atom stereocenters. The number of nitrogens with one attached hydrogen (secondary N) is 1. The standard InChI is InChI=1S/C15H15BrFNO2/c1-19-13-4-3-10(15(17)8-13)9-18-12-5-11(16)6-14(7-12)20-2/h3-8,18H,9H2,1-2H3. The number of methoxy groups -OCH3 is 2. The van der Waals surface area contributed by atoms with Crippen molar-refractivity contribution in [2.24, 2.45) is 0 Å². The molecule has 0 aliphatic heterocycles. The highest BCUT2D eigenvalue weighted by Gasteiger charge is 2.05. The molecule has 3 nitrogen and oxygen atoms in total. The number of hydrogen-bond donors (Lipinski definition) is 1. The van der Waals surface area contributed by atoms with Gasteiger partial charge in [-0.1, -0.05) is 22.0 Å². The normalized spacial score (nSPS) is 10.2. The quantitative estimate of drug-likeness (QED) is 0.884. The molecule has 2 aromatic carbocycles. The number of benzene rings is 2. The Kier molecular flexibility index (Phi) is 4.84. The van der Waals surface area contributed by atoms with Crippen molar-refractivity contribution in [1.82, 2.24) is 0 Å². The Labute approximate surface area is 125 Å². The van der Waals surface area contributed by atoms with E-state index in [1.54, 1.807) is 19.2 Å². The van der Waals surface area contributed by atoms with E-state index < -0.39 is 0 Å². The molecule has 1 N–H and O–H groups in total. The van der Waals surface area contributed by atoms with E-state index in [9.17, 15) is 4.39 Å². The molecule has 5 heteroatoms. The highest BCUT2D eigenvalue weighted by molar-refractivity contribution is 9.10. The maximum atomic E-state index is 13.8. The summed E-state index contributed by atoms with van der Waals surface area (Å²) in [6.07, 6.45) is 0. The number of ether oxygens (including phenoxy) is 2. The number of hydrogen-bond acceptors (Lipinski definition) is 3. The van der Waals surface area contributed by atoms with Crippen molar-refractivity contribution in [2.75, 3.05) is 19.5 Å². The Hall–Kier alpha value is -1.75. The first kappa shape index (κ1) is 14.7. The van der Waals surface area contributed by atoms with Crippen molar-refractivity contribution in [3.05, 3.63) is 52.3 Å². The predicted molar refractivity (Wildman–Crippen MR) is 81.0 cm³/mol. The van der Waals surface area contributed by atoms with Gasteiger partial charge in [-0.15, -0.1) is 0 Å². The van der Waals surface area contributed by atoms with Gasteiger partial charge in [-0.05, 0) is 18.2 Å². The maximum Gasteiger partial charge on any atom is 0.131 e. The van der Waals surface area contributed by atoms with Crippen molar-refractivity contribution in [3.8, 4) is 11.5 Å². The molecule has 0 aliphatic carbocycles. The molecule has 0 amide bonds. The summed E-state index contributed by atoms with van der Waals surface area (Å²) in [5.74, 6) is 0.950. The maximum absolute atomic E-state index is 13.8. The van der Waals surface area contributed by atoms with E-state index in [-0.39, 0.29) is 5.82 Å². The summed E-state index contributed by atoms with van der Waals surface area (Å²) in [6.45, 7) is 0.384. The summed E-state index contributed by atoms with van der Waals surface area (Å²) in [7, 11) is 3.12. The Morgan fingerprint density at radius 3 is 2.45 bits per heavy atom. The van der Waals surface area contributed by atoms with Gasteiger partial charge in [-0.2, -0.15) is 0 Å². The summed E-state index contributed by atoms with van der Waals surface area (Å²) in [6, 6.07) is 10.4. The van der Waals surface area contributed by atoms with Crippen LogP contribution in [-0.2, 0) is 6.54 Å². The molecule has 0 bridgehead atoms. The third kappa shape index (κ3) is 3.63. The van der Waals surface area contributed by atoms with Gasteiger partial charge >= 0.3 is 0 Å². The molecule has 0 saturated heterocycles. The molecule has 0 saturated carbocycles. The second-order valence-electron chi connectivity index (χ2n) is 4.19. The fourth-order valence-electron chi connectivity index (χ4n) is 1.78. The lowest BCUT2D eigenvalue weighted by Crippen LogP contribution is -2.02. The van der Waals surface area contributed by atoms with E-state index in [4.69, 9.17) is 9.47 Å². The Bertz CT molecular complexity index is 604. The van der Waals surface area contributed by atoms with Crippen LogP contribution in [0.5, 0.6) is 11.5 Å². The van der Waals surface area contributed by atoms with Crippen LogP contribution in [0.15, 0.2) is 40.9 Å². The first-order valence-corrected chi connectivity index (χ1v) is 6.82. The number of rotatable bonds is 5. The molecule has 0 aliphatic rings. The first-order chi connectivity index (χ1) is 9.62. The summed E-state index contributed by atoms with van der Waals surface area (Å²) in [5.41, 5.74) is 1.43. The van der Waals surface area contributed by atoms with Crippen molar-refractivity contribution in [3.63, 3.8) is 0 Å². The number of anilines is 1. The third-order valence-corrected chi connectivity index (χ3v) is 3.31. The van der Waals surface area contributed by atoms with Crippen LogP contribution in [0.3, 0.4) is 0 Å². The van der Waals surface area contributed by atoms with E-state index in [2.05, 4.69) is 21.2 Å². The van der Waals surface area contributed by atoms with Crippen LogP contribution in [0.1, 0.15) is 5.56 Å². The fraction of sp³-hybridized carbons (Fsp3) is 0.200. The average Bonchev–Trinajstić information content (AvgIpc) is 2.45. The SMILES string of the molecule is COc1cc(Br)cc(NCc2ccc(OC)cc2F)c1. The van der Waals surface area contributed by atoms with Crippen LogP contribution < -0.4 is 14.8 Å². The van der Waals surface area contributed by atoms with Gasteiger partial charge in [0.05, 0.1) is 14.2 Å². The van der Waals surface area contributed by atoms with Gasteiger partial charge in [0, 0.05) is 34.4 Å². The average molecular weight is 340 g/mol. The number of halogens is 2. The van der Waals surface area contributed by atoms with Gasteiger partial charge in [0.1, 0.15) is 17.3 Å². The van der Waals surface area contributed by atoms with Crippen molar-refractivity contribution >= 4 is 21.6 Å². The van der Waals surface area contributed by atoms with Crippen LogP contribution in [-0.4, -0.2) is 14.2 Å². The van der Waals surface area contributed by atoms with Gasteiger partial charge in [0.2, 0.25) is 0 Å². The monoisotopic (exact) mass is 339 g/mol. The first-order valence-electron chi connectivity index (χ1n) is 6.03. The molecule has 0 spiro atoms. The van der Waals surface area contributed by atoms with E-state index >= 15 is 0 Å².